The molecular weight excluding hydrogens is 371 g/mol. The number of halogens is 3. The van der Waals surface area contributed by atoms with Crippen molar-refractivity contribution in [3.63, 3.8) is 0 Å². The van der Waals surface area contributed by atoms with Gasteiger partial charge in [0.1, 0.15) is 11.6 Å². The van der Waals surface area contributed by atoms with Gasteiger partial charge in [0, 0.05) is 6.54 Å². The number of piperidine rings is 1. The number of hydrogen-bond acceptors (Lipinski definition) is 4. The van der Waals surface area contributed by atoms with E-state index >= 15 is 0 Å². The van der Waals surface area contributed by atoms with Gasteiger partial charge < -0.3 is 4.74 Å². The zero-order valence-electron chi connectivity index (χ0n) is 14.8. The molecule has 2 rings (SSSR count). The van der Waals surface area contributed by atoms with Gasteiger partial charge in [0.15, 0.2) is 0 Å². The van der Waals surface area contributed by atoms with E-state index in [1.165, 1.54) is 0 Å². The van der Waals surface area contributed by atoms with E-state index in [9.17, 15) is 26.4 Å². The molecule has 0 bridgehead atoms. The van der Waals surface area contributed by atoms with Crippen molar-refractivity contribution in [3.8, 4) is 0 Å². The van der Waals surface area contributed by atoms with Gasteiger partial charge in [-0.15, -0.1) is 0 Å². The summed E-state index contributed by atoms with van der Waals surface area (Å²) in [6.45, 7) is 5.17. The summed E-state index contributed by atoms with van der Waals surface area (Å²) in [6.07, 6.45) is -3.00. The zero-order chi connectivity index (χ0) is 19.8. The maximum atomic E-state index is 12.9. The first-order valence-electron chi connectivity index (χ1n) is 8.24. The summed E-state index contributed by atoms with van der Waals surface area (Å²) in [7, 11) is -4.11. The minimum Gasteiger partial charge on any atom is -0.459 e. The molecule has 0 saturated carbocycles. The smallest absolute Gasteiger partial charge is 0.416 e. The third-order valence-corrected chi connectivity index (χ3v) is 5.84. The van der Waals surface area contributed by atoms with E-state index in [1.807, 2.05) is 0 Å². The number of hydrogen-bond donors (Lipinski definition) is 0. The Morgan fingerprint density at radius 1 is 1.12 bits per heavy atom. The van der Waals surface area contributed by atoms with Gasteiger partial charge >= 0.3 is 12.1 Å². The molecule has 26 heavy (non-hydrogen) atoms. The predicted octanol–water partition coefficient (Wildman–Crippen LogP) is 3.59. The molecule has 146 valence electrons. The van der Waals surface area contributed by atoms with Crippen molar-refractivity contribution < 1.29 is 31.1 Å². The Balaban J connectivity index is 2.31. The van der Waals surface area contributed by atoms with Crippen molar-refractivity contribution in [3.05, 3.63) is 29.8 Å². The van der Waals surface area contributed by atoms with Crippen molar-refractivity contribution in [1.29, 1.82) is 0 Å². The lowest BCUT2D eigenvalue weighted by Gasteiger charge is -2.34. The first-order chi connectivity index (χ1) is 11.8. The van der Waals surface area contributed by atoms with Crippen molar-refractivity contribution >= 4 is 16.0 Å². The van der Waals surface area contributed by atoms with E-state index in [0.29, 0.717) is 19.3 Å². The fourth-order valence-electron chi connectivity index (χ4n) is 2.75. The van der Waals surface area contributed by atoms with Crippen LogP contribution in [0.4, 0.5) is 13.2 Å². The van der Waals surface area contributed by atoms with Crippen LogP contribution in [0.15, 0.2) is 29.2 Å². The van der Waals surface area contributed by atoms with Crippen LogP contribution in [-0.2, 0) is 25.7 Å². The summed E-state index contributed by atoms with van der Waals surface area (Å²) in [4.78, 5) is 12.1. The first-order valence-corrected chi connectivity index (χ1v) is 9.68. The maximum absolute atomic E-state index is 12.9. The second-order valence-electron chi connectivity index (χ2n) is 7.18. The van der Waals surface area contributed by atoms with Crippen LogP contribution in [0.3, 0.4) is 0 Å². The van der Waals surface area contributed by atoms with E-state index < -0.39 is 39.4 Å². The Bertz CT molecular complexity index is 752. The van der Waals surface area contributed by atoms with Gasteiger partial charge in [-0.25, -0.2) is 8.42 Å². The highest BCUT2D eigenvalue weighted by atomic mass is 32.2. The lowest BCUT2D eigenvalue weighted by Crippen LogP contribution is -2.49. The Morgan fingerprint density at radius 3 is 2.19 bits per heavy atom. The number of rotatable bonds is 3. The van der Waals surface area contributed by atoms with Crippen LogP contribution in [0.2, 0.25) is 0 Å². The van der Waals surface area contributed by atoms with Crippen LogP contribution in [-0.4, -0.2) is 36.9 Å². The highest BCUT2D eigenvalue weighted by Crippen LogP contribution is 2.32. The molecular formula is C17H22F3NO4S. The van der Waals surface area contributed by atoms with Crippen LogP contribution in [0.25, 0.3) is 0 Å². The van der Waals surface area contributed by atoms with Crippen molar-refractivity contribution in [2.45, 2.75) is 62.7 Å². The summed E-state index contributed by atoms with van der Waals surface area (Å²) >= 11 is 0. The molecule has 0 amide bonds. The van der Waals surface area contributed by atoms with Gasteiger partial charge in [-0.05, 0) is 64.3 Å². The van der Waals surface area contributed by atoms with Gasteiger partial charge in [-0.3, -0.25) is 4.79 Å². The van der Waals surface area contributed by atoms with Gasteiger partial charge in [-0.2, -0.15) is 17.5 Å². The van der Waals surface area contributed by atoms with Gasteiger partial charge in [-0.1, -0.05) is 0 Å². The molecule has 1 aliphatic rings. The van der Waals surface area contributed by atoms with E-state index in [0.717, 1.165) is 28.6 Å². The number of carbonyl (C=O) groups excluding carboxylic acids is 1. The zero-order valence-corrected chi connectivity index (χ0v) is 15.7. The molecule has 1 aromatic rings. The van der Waals surface area contributed by atoms with Gasteiger partial charge in [0.25, 0.3) is 0 Å². The Morgan fingerprint density at radius 2 is 1.69 bits per heavy atom. The van der Waals surface area contributed by atoms with Crippen molar-refractivity contribution in [1.82, 2.24) is 4.31 Å². The molecule has 0 unspecified atom stereocenters. The van der Waals surface area contributed by atoms with Crippen LogP contribution >= 0.6 is 0 Å². The van der Waals surface area contributed by atoms with E-state index in [1.54, 1.807) is 20.8 Å². The average molecular weight is 393 g/mol. The normalized spacial score (nSPS) is 20.0. The van der Waals surface area contributed by atoms with Gasteiger partial charge in [0.2, 0.25) is 10.0 Å². The monoisotopic (exact) mass is 393 g/mol. The SMILES string of the molecule is CC(C)(C)OC(=O)[C@H]1CCCCN1S(=O)(=O)c1ccc(C(F)(F)F)cc1. The lowest BCUT2D eigenvalue weighted by atomic mass is 10.0. The summed E-state index contributed by atoms with van der Waals surface area (Å²) in [5.41, 5.74) is -1.70. The van der Waals surface area contributed by atoms with E-state index in [-0.39, 0.29) is 11.4 Å². The number of ether oxygens (including phenoxy) is 1. The standard InChI is InChI=1S/C17H22F3NO4S/c1-16(2,3)25-15(22)14-6-4-5-11-21(14)26(23,24)13-9-7-12(8-10-13)17(18,19)20/h7-10,14H,4-6,11H2,1-3H3/t14-/m1/s1. The maximum Gasteiger partial charge on any atom is 0.416 e. The van der Waals surface area contributed by atoms with Gasteiger partial charge in [0.05, 0.1) is 10.5 Å². The van der Waals surface area contributed by atoms with Crippen molar-refractivity contribution in [2.75, 3.05) is 6.54 Å². The summed E-state index contributed by atoms with van der Waals surface area (Å²) in [5.74, 6) is -0.646. The van der Waals surface area contributed by atoms with E-state index in [2.05, 4.69) is 0 Å². The van der Waals surface area contributed by atoms with Crippen LogP contribution in [0.5, 0.6) is 0 Å². The minimum atomic E-state index is -4.55. The predicted molar refractivity (Wildman–Crippen MR) is 88.8 cm³/mol. The molecule has 0 N–H and O–H groups in total. The second-order valence-corrected chi connectivity index (χ2v) is 9.07. The number of benzene rings is 1. The van der Waals surface area contributed by atoms with Crippen LogP contribution in [0, 0.1) is 0 Å². The number of nitrogens with zero attached hydrogens (tertiary/aromatic N) is 1. The summed E-state index contributed by atoms with van der Waals surface area (Å²) in [6, 6.07) is 2.30. The Labute approximate surface area is 151 Å². The van der Waals surface area contributed by atoms with Crippen molar-refractivity contribution in [2.24, 2.45) is 0 Å². The summed E-state index contributed by atoms with van der Waals surface area (Å²) < 4.78 is 70.1. The third-order valence-electron chi connectivity index (χ3n) is 3.92. The number of esters is 1. The lowest BCUT2D eigenvalue weighted by molar-refractivity contribution is -0.160. The first kappa shape index (κ1) is 20.7. The fraction of sp³-hybridized carbons (Fsp3) is 0.588. The molecule has 1 aliphatic heterocycles. The Kier molecular flexibility index (Phi) is 5.72. The molecule has 1 heterocycles. The molecule has 1 atom stereocenters. The molecule has 1 saturated heterocycles. The van der Waals surface area contributed by atoms with Crippen LogP contribution in [0.1, 0.15) is 45.6 Å². The molecule has 1 aromatic carbocycles. The minimum absolute atomic E-state index is 0.118. The molecule has 0 aromatic heterocycles. The third kappa shape index (κ3) is 4.76. The molecule has 0 aliphatic carbocycles. The highest BCUT2D eigenvalue weighted by molar-refractivity contribution is 7.89. The summed E-state index contributed by atoms with van der Waals surface area (Å²) in [5, 5.41) is 0. The molecule has 0 radical (unpaired) electrons. The molecule has 9 heteroatoms. The quantitative estimate of drug-likeness (QED) is 0.737. The number of sulfonamides is 1. The second kappa shape index (κ2) is 7.19. The Hall–Kier alpha value is -1.61. The van der Waals surface area contributed by atoms with E-state index in [4.69, 9.17) is 4.74 Å². The number of carbonyl (C=O) groups is 1. The topological polar surface area (TPSA) is 63.7 Å². The largest absolute Gasteiger partial charge is 0.459 e. The fourth-order valence-corrected chi connectivity index (χ4v) is 4.40. The molecule has 0 spiro atoms. The average Bonchev–Trinajstić information content (AvgIpc) is 2.52. The van der Waals surface area contributed by atoms with Crippen LogP contribution < -0.4 is 0 Å². The molecule has 5 nitrogen and oxygen atoms in total. The number of alkyl halides is 3. The molecule has 1 fully saturated rings. The highest BCUT2D eigenvalue weighted by Gasteiger charge is 2.40.